The first-order valence-corrected chi connectivity index (χ1v) is 10.6. The van der Waals surface area contributed by atoms with E-state index in [-0.39, 0.29) is 24.5 Å². The van der Waals surface area contributed by atoms with Crippen molar-refractivity contribution in [1.29, 1.82) is 0 Å². The number of aromatic nitrogens is 2. The standard InChI is InChI=1S/C23H29N3O2/c27-21(19-8-2-1-3-9-19)11-12-22(28)25-14-5-10-20(17-25)23-24-13-15-26(23)16-18-6-4-7-18/h1-3,8-9,13,15,18,20H,4-7,10-12,14,16-17H2. The van der Waals surface area contributed by atoms with E-state index >= 15 is 0 Å². The maximum atomic E-state index is 12.7. The summed E-state index contributed by atoms with van der Waals surface area (Å²) in [6.45, 7) is 2.57. The molecule has 0 bridgehead atoms. The monoisotopic (exact) mass is 379 g/mol. The van der Waals surface area contributed by atoms with Crippen LogP contribution in [0.15, 0.2) is 42.7 Å². The van der Waals surface area contributed by atoms with E-state index in [1.165, 1.54) is 19.3 Å². The van der Waals surface area contributed by atoms with Gasteiger partial charge in [-0.25, -0.2) is 4.98 Å². The molecule has 1 aromatic carbocycles. The average Bonchev–Trinajstić information content (AvgIpc) is 3.18. The van der Waals surface area contributed by atoms with Crippen LogP contribution in [-0.4, -0.2) is 39.2 Å². The zero-order chi connectivity index (χ0) is 19.3. The number of likely N-dealkylation sites (tertiary alicyclic amines) is 1. The Morgan fingerprint density at radius 2 is 1.86 bits per heavy atom. The highest BCUT2D eigenvalue weighted by Gasteiger charge is 2.28. The molecule has 4 rings (SSSR count). The average molecular weight is 380 g/mol. The smallest absolute Gasteiger partial charge is 0.223 e. The van der Waals surface area contributed by atoms with Crippen LogP contribution in [0.3, 0.4) is 0 Å². The topological polar surface area (TPSA) is 55.2 Å². The highest BCUT2D eigenvalue weighted by atomic mass is 16.2. The molecule has 28 heavy (non-hydrogen) atoms. The molecule has 2 heterocycles. The van der Waals surface area contributed by atoms with E-state index < -0.39 is 0 Å². The Labute approximate surface area is 166 Å². The normalized spacial score (nSPS) is 20.0. The number of rotatable bonds is 7. The van der Waals surface area contributed by atoms with Gasteiger partial charge in [-0.05, 0) is 31.6 Å². The van der Waals surface area contributed by atoms with Gasteiger partial charge < -0.3 is 9.47 Å². The maximum Gasteiger partial charge on any atom is 0.223 e. The van der Waals surface area contributed by atoms with E-state index in [9.17, 15) is 9.59 Å². The van der Waals surface area contributed by atoms with Crippen molar-refractivity contribution in [2.24, 2.45) is 5.92 Å². The molecule has 1 atom stereocenters. The first kappa shape index (κ1) is 18.9. The van der Waals surface area contributed by atoms with Crippen molar-refractivity contribution < 1.29 is 9.59 Å². The number of Topliss-reactive ketones (excluding diaryl/α,β-unsaturated/α-hetero) is 1. The molecule has 148 valence electrons. The Hall–Kier alpha value is -2.43. The van der Waals surface area contributed by atoms with Crippen molar-refractivity contribution in [2.75, 3.05) is 13.1 Å². The van der Waals surface area contributed by atoms with Crippen molar-refractivity contribution >= 4 is 11.7 Å². The van der Waals surface area contributed by atoms with E-state index in [1.54, 1.807) is 0 Å². The van der Waals surface area contributed by atoms with Crippen molar-refractivity contribution in [3.8, 4) is 0 Å². The molecule has 2 aromatic rings. The van der Waals surface area contributed by atoms with Gasteiger partial charge in [0.25, 0.3) is 0 Å². The van der Waals surface area contributed by atoms with Gasteiger partial charge in [-0.15, -0.1) is 0 Å². The van der Waals surface area contributed by atoms with Gasteiger partial charge in [0, 0.05) is 56.4 Å². The second-order valence-corrected chi connectivity index (χ2v) is 8.20. The van der Waals surface area contributed by atoms with Crippen LogP contribution in [0.5, 0.6) is 0 Å². The van der Waals surface area contributed by atoms with Gasteiger partial charge in [0.15, 0.2) is 5.78 Å². The lowest BCUT2D eigenvalue weighted by Gasteiger charge is -2.33. The summed E-state index contributed by atoms with van der Waals surface area (Å²) in [6.07, 6.45) is 10.6. The van der Waals surface area contributed by atoms with Crippen molar-refractivity contribution in [3.63, 3.8) is 0 Å². The predicted molar refractivity (Wildman–Crippen MR) is 108 cm³/mol. The summed E-state index contributed by atoms with van der Waals surface area (Å²) in [4.78, 5) is 31.6. The summed E-state index contributed by atoms with van der Waals surface area (Å²) >= 11 is 0. The van der Waals surface area contributed by atoms with Gasteiger partial charge in [0.2, 0.25) is 5.91 Å². The SMILES string of the molecule is O=C(CCC(=O)N1CCCC(c2nccn2CC2CCC2)C1)c1ccccc1. The second kappa shape index (κ2) is 8.72. The molecule has 0 N–H and O–H groups in total. The highest BCUT2D eigenvalue weighted by molar-refractivity contribution is 5.97. The van der Waals surface area contributed by atoms with E-state index in [2.05, 4.69) is 15.7 Å². The summed E-state index contributed by atoms with van der Waals surface area (Å²) < 4.78 is 2.31. The minimum absolute atomic E-state index is 0.0403. The molecule has 1 unspecified atom stereocenters. The van der Waals surface area contributed by atoms with Crippen LogP contribution < -0.4 is 0 Å². The number of carbonyl (C=O) groups excluding carboxylic acids is 2. The largest absolute Gasteiger partial charge is 0.342 e. The molecule has 1 saturated heterocycles. The molecule has 1 amide bonds. The summed E-state index contributed by atoms with van der Waals surface area (Å²) in [5.41, 5.74) is 0.685. The van der Waals surface area contributed by atoms with E-state index in [4.69, 9.17) is 0 Å². The van der Waals surface area contributed by atoms with Gasteiger partial charge in [0.1, 0.15) is 5.82 Å². The zero-order valence-corrected chi connectivity index (χ0v) is 16.4. The van der Waals surface area contributed by atoms with Crippen LogP contribution in [0.1, 0.15) is 67.0 Å². The first-order valence-electron chi connectivity index (χ1n) is 10.6. The van der Waals surface area contributed by atoms with E-state index in [0.29, 0.717) is 11.5 Å². The van der Waals surface area contributed by atoms with Gasteiger partial charge in [-0.2, -0.15) is 0 Å². The molecule has 2 aliphatic rings. The number of hydrogen-bond acceptors (Lipinski definition) is 3. The maximum absolute atomic E-state index is 12.7. The van der Waals surface area contributed by atoms with Crippen LogP contribution >= 0.6 is 0 Å². The third-order valence-corrected chi connectivity index (χ3v) is 6.23. The lowest BCUT2D eigenvalue weighted by atomic mass is 9.85. The van der Waals surface area contributed by atoms with E-state index in [0.717, 1.165) is 44.2 Å². The summed E-state index contributed by atoms with van der Waals surface area (Å²) in [6, 6.07) is 9.23. The third kappa shape index (κ3) is 4.34. The molecule has 0 spiro atoms. The predicted octanol–water partition coefficient (Wildman–Crippen LogP) is 4.05. The number of benzene rings is 1. The molecule has 5 nitrogen and oxygen atoms in total. The molecule has 1 aliphatic heterocycles. The molecule has 1 saturated carbocycles. The molecular formula is C23H29N3O2. The Bertz CT molecular complexity index is 810. The van der Waals surface area contributed by atoms with Crippen molar-refractivity contribution in [3.05, 3.63) is 54.1 Å². The number of imidazole rings is 1. The second-order valence-electron chi connectivity index (χ2n) is 8.20. The van der Waals surface area contributed by atoms with Crippen LogP contribution in [0.4, 0.5) is 0 Å². The molecular weight excluding hydrogens is 350 g/mol. The minimum atomic E-state index is 0.0403. The summed E-state index contributed by atoms with van der Waals surface area (Å²) in [5.74, 6) is 2.35. The summed E-state index contributed by atoms with van der Waals surface area (Å²) in [7, 11) is 0. The first-order chi connectivity index (χ1) is 13.7. The van der Waals surface area contributed by atoms with Gasteiger partial charge in [-0.1, -0.05) is 36.8 Å². The highest BCUT2D eigenvalue weighted by Crippen LogP contribution is 2.31. The molecule has 1 aliphatic carbocycles. The molecule has 1 aromatic heterocycles. The van der Waals surface area contributed by atoms with Crippen molar-refractivity contribution in [1.82, 2.24) is 14.5 Å². The zero-order valence-electron chi connectivity index (χ0n) is 16.4. The fourth-order valence-electron chi connectivity index (χ4n) is 4.35. The lowest BCUT2D eigenvalue weighted by Crippen LogP contribution is -2.40. The quantitative estimate of drug-likeness (QED) is 0.682. The summed E-state index contributed by atoms with van der Waals surface area (Å²) in [5, 5.41) is 0. The fraction of sp³-hybridized carbons (Fsp3) is 0.522. The minimum Gasteiger partial charge on any atom is -0.342 e. The molecule has 0 radical (unpaired) electrons. The number of piperidine rings is 1. The van der Waals surface area contributed by atoms with E-state index in [1.807, 2.05) is 41.4 Å². The van der Waals surface area contributed by atoms with Crippen molar-refractivity contribution in [2.45, 2.75) is 57.4 Å². The number of amides is 1. The Morgan fingerprint density at radius 1 is 1.04 bits per heavy atom. The Morgan fingerprint density at radius 3 is 2.61 bits per heavy atom. The third-order valence-electron chi connectivity index (χ3n) is 6.23. The fourth-order valence-corrected chi connectivity index (χ4v) is 4.35. The Kier molecular flexibility index (Phi) is 5.89. The number of ketones is 1. The van der Waals surface area contributed by atoms with Crippen LogP contribution in [0, 0.1) is 5.92 Å². The van der Waals surface area contributed by atoms with Gasteiger partial charge in [-0.3, -0.25) is 9.59 Å². The van der Waals surface area contributed by atoms with Gasteiger partial charge >= 0.3 is 0 Å². The van der Waals surface area contributed by atoms with Gasteiger partial charge in [0.05, 0.1) is 0 Å². The lowest BCUT2D eigenvalue weighted by molar-refractivity contribution is -0.132. The van der Waals surface area contributed by atoms with Crippen LogP contribution in [0.2, 0.25) is 0 Å². The molecule has 5 heteroatoms. The number of hydrogen-bond donors (Lipinski definition) is 0. The van der Waals surface area contributed by atoms with Crippen LogP contribution in [-0.2, 0) is 11.3 Å². The number of carbonyl (C=O) groups is 2. The molecule has 2 fully saturated rings. The Balaban J connectivity index is 1.33. The number of nitrogens with zero attached hydrogens (tertiary/aromatic N) is 3. The van der Waals surface area contributed by atoms with Crippen LogP contribution in [0.25, 0.3) is 0 Å².